The predicted octanol–water partition coefficient (Wildman–Crippen LogP) is 4.82. The van der Waals surface area contributed by atoms with E-state index < -0.39 is 5.60 Å². The average molecular weight is 528 g/mol. The topological polar surface area (TPSA) is 106 Å². The van der Waals surface area contributed by atoms with E-state index in [0.717, 1.165) is 49.2 Å². The molecule has 1 aromatic heterocycles. The molecule has 1 aliphatic heterocycles. The molecule has 10 nitrogen and oxygen atoms in total. The van der Waals surface area contributed by atoms with Crippen LogP contribution in [0.2, 0.25) is 0 Å². The molecule has 1 saturated carbocycles. The fourth-order valence-electron chi connectivity index (χ4n) is 4.39. The largest absolute Gasteiger partial charge is 0.446 e. The van der Waals surface area contributed by atoms with E-state index in [9.17, 15) is 14.4 Å². The van der Waals surface area contributed by atoms with Gasteiger partial charge in [0.05, 0.1) is 12.0 Å². The molecule has 0 bridgehead atoms. The maximum atomic E-state index is 12.1. The van der Waals surface area contributed by atoms with Crippen molar-refractivity contribution in [3.05, 3.63) is 48.0 Å². The molecular formula is C28H41N5O5. The van der Waals surface area contributed by atoms with Crippen LogP contribution in [-0.2, 0) is 20.8 Å². The number of imidazole rings is 1. The molecule has 4 rings (SSSR count). The Morgan fingerprint density at radius 3 is 2.29 bits per heavy atom. The van der Waals surface area contributed by atoms with E-state index >= 15 is 0 Å². The van der Waals surface area contributed by atoms with Crippen LogP contribution in [-0.4, -0.2) is 75.8 Å². The highest BCUT2D eigenvalue weighted by atomic mass is 16.6. The molecule has 38 heavy (non-hydrogen) atoms. The van der Waals surface area contributed by atoms with Crippen molar-refractivity contribution >= 4 is 24.3 Å². The van der Waals surface area contributed by atoms with Crippen LogP contribution in [0, 0.1) is 6.92 Å². The number of hydrogen-bond acceptors (Lipinski definition) is 6. The molecule has 2 heterocycles. The van der Waals surface area contributed by atoms with Crippen LogP contribution in [0.5, 0.6) is 0 Å². The number of nitrogens with one attached hydrogen (secondary N) is 1. The Kier molecular flexibility index (Phi) is 10.6. The van der Waals surface area contributed by atoms with Gasteiger partial charge in [0.25, 0.3) is 0 Å². The SMILES string of the molecule is CC(C)(C)OC(=O)N1CCN(C(=O)OC2CCCCC2)CC1.Cc1cn(Cc2cccc(NC=O)c2)cn1. The molecule has 0 spiro atoms. The van der Waals surface area contributed by atoms with E-state index in [0.29, 0.717) is 32.6 Å². The van der Waals surface area contributed by atoms with Gasteiger partial charge < -0.3 is 29.2 Å². The van der Waals surface area contributed by atoms with Crippen molar-refractivity contribution in [1.29, 1.82) is 0 Å². The first-order valence-electron chi connectivity index (χ1n) is 13.3. The Morgan fingerprint density at radius 1 is 1.05 bits per heavy atom. The molecule has 2 aromatic rings. The number of hydrogen-bond donors (Lipinski definition) is 1. The molecule has 1 saturated heterocycles. The average Bonchev–Trinajstić information content (AvgIpc) is 3.29. The third-order valence-corrected chi connectivity index (χ3v) is 6.29. The summed E-state index contributed by atoms with van der Waals surface area (Å²) in [6, 6.07) is 7.75. The fourth-order valence-corrected chi connectivity index (χ4v) is 4.39. The summed E-state index contributed by atoms with van der Waals surface area (Å²) < 4.78 is 12.9. The second-order valence-corrected chi connectivity index (χ2v) is 10.7. The van der Waals surface area contributed by atoms with Crippen molar-refractivity contribution in [3.63, 3.8) is 0 Å². The monoisotopic (exact) mass is 527 g/mol. The Labute approximate surface area is 225 Å². The number of carbonyl (C=O) groups excluding carboxylic acids is 3. The number of aryl methyl sites for hydroxylation is 1. The van der Waals surface area contributed by atoms with Gasteiger partial charge in [-0.2, -0.15) is 0 Å². The van der Waals surface area contributed by atoms with Crippen molar-refractivity contribution in [1.82, 2.24) is 19.4 Å². The summed E-state index contributed by atoms with van der Waals surface area (Å²) in [6.07, 6.45) is 9.47. The van der Waals surface area contributed by atoms with Crippen molar-refractivity contribution in [2.45, 2.75) is 78.0 Å². The number of nitrogens with zero attached hydrogens (tertiary/aromatic N) is 4. The van der Waals surface area contributed by atoms with Crippen molar-refractivity contribution in [2.24, 2.45) is 0 Å². The highest BCUT2D eigenvalue weighted by molar-refractivity contribution is 5.71. The van der Waals surface area contributed by atoms with Gasteiger partial charge in [0.1, 0.15) is 11.7 Å². The molecule has 1 aliphatic carbocycles. The van der Waals surface area contributed by atoms with Gasteiger partial charge in [0.15, 0.2) is 0 Å². The Bertz CT molecular complexity index is 1050. The van der Waals surface area contributed by atoms with Crippen molar-refractivity contribution in [3.8, 4) is 0 Å². The number of rotatable bonds is 5. The molecule has 2 aliphatic rings. The maximum absolute atomic E-state index is 12.1. The van der Waals surface area contributed by atoms with Crippen molar-refractivity contribution in [2.75, 3.05) is 31.5 Å². The van der Waals surface area contributed by atoms with Gasteiger partial charge in [0, 0.05) is 44.6 Å². The van der Waals surface area contributed by atoms with E-state index in [1.165, 1.54) is 6.42 Å². The summed E-state index contributed by atoms with van der Waals surface area (Å²) in [7, 11) is 0. The molecular weight excluding hydrogens is 486 g/mol. The molecule has 208 valence electrons. The first-order chi connectivity index (χ1) is 18.1. The minimum Gasteiger partial charge on any atom is -0.446 e. The van der Waals surface area contributed by atoms with Gasteiger partial charge in [-0.05, 0) is 71.1 Å². The minimum atomic E-state index is -0.492. The Hall–Kier alpha value is -3.56. The third-order valence-electron chi connectivity index (χ3n) is 6.29. The molecule has 1 aromatic carbocycles. The number of benzene rings is 1. The first kappa shape index (κ1) is 29.0. The highest BCUT2D eigenvalue weighted by Crippen LogP contribution is 2.21. The number of amides is 3. The molecule has 10 heteroatoms. The summed E-state index contributed by atoms with van der Waals surface area (Å²) in [5.41, 5.74) is 2.45. The van der Waals surface area contributed by atoms with E-state index in [4.69, 9.17) is 9.47 Å². The zero-order valence-electron chi connectivity index (χ0n) is 23.0. The summed E-state index contributed by atoms with van der Waals surface area (Å²) >= 11 is 0. The lowest BCUT2D eigenvalue weighted by Crippen LogP contribution is -2.52. The lowest BCUT2D eigenvalue weighted by atomic mass is 9.98. The molecule has 2 fully saturated rings. The van der Waals surface area contributed by atoms with Crippen LogP contribution < -0.4 is 5.32 Å². The lowest BCUT2D eigenvalue weighted by molar-refractivity contribution is -0.105. The number of anilines is 1. The number of carbonyl (C=O) groups is 3. The zero-order chi connectivity index (χ0) is 27.5. The predicted molar refractivity (Wildman–Crippen MR) is 145 cm³/mol. The summed E-state index contributed by atoms with van der Waals surface area (Å²) in [4.78, 5) is 41.9. The Balaban J connectivity index is 0.000000221. The summed E-state index contributed by atoms with van der Waals surface area (Å²) in [5, 5.41) is 2.63. The Morgan fingerprint density at radius 2 is 1.71 bits per heavy atom. The minimum absolute atomic E-state index is 0.0742. The van der Waals surface area contributed by atoms with Gasteiger partial charge in [-0.15, -0.1) is 0 Å². The normalized spacial score (nSPS) is 16.2. The van der Waals surface area contributed by atoms with Crippen LogP contribution >= 0.6 is 0 Å². The highest BCUT2D eigenvalue weighted by Gasteiger charge is 2.29. The van der Waals surface area contributed by atoms with E-state index in [1.807, 2.05) is 62.7 Å². The zero-order valence-corrected chi connectivity index (χ0v) is 23.0. The van der Waals surface area contributed by atoms with Gasteiger partial charge in [-0.1, -0.05) is 18.6 Å². The number of ether oxygens (including phenoxy) is 2. The van der Waals surface area contributed by atoms with Crippen LogP contribution in [0.25, 0.3) is 0 Å². The van der Waals surface area contributed by atoms with E-state index in [-0.39, 0.29) is 18.3 Å². The second kappa shape index (κ2) is 13.8. The maximum Gasteiger partial charge on any atom is 0.410 e. The molecule has 0 unspecified atom stereocenters. The van der Waals surface area contributed by atoms with E-state index in [2.05, 4.69) is 10.3 Å². The summed E-state index contributed by atoms with van der Waals surface area (Å²) in [5.74, 6) is 0. The van der Waals surface area contributed by atoms with Crippen molar-refractivity contribution < 1.29 is 23.9 Å². The second-order valence-electron chi connectivity index (χ2n) is 10.7. The van der Waals surface area contributed by atoms with E-state index in [1.54, 1.807) is 16.1 Å². The summed E-state index contributed by atoms with van der Waals surface area (Å²) in [6.45, 7) is 10.3. The smallest absolute Gasteiger partial charge is 0.410 e. The van der Waals surface area contributed by atoms with Crippen LogP contribution in [0.4, 0.5) is 15.3 Å². The third kappa shape index (κ3) is 9.72. The quantitative estimate of drug-likeness (QED) is 0.559. The van der Waals surface area contributed by atoms with Gasteiger partial charge in [0.2, 0.25) is 6.41 Å². The molecule has 3 amide bonds. The van der Waals surface area contributed by atoms with Crippen LogP contribution in [0.3, 0.4) is 0 Å². The molecule has 1 N–H and O–H groups in total. The van der Waals surface area contributed by atoms with Crippen LogP contribution in [0.15, 0.2) is 36.8 Å². The fraction of sp³-hybridized carbons (Fsp3) is 0.571. The van der Waals surface area contributed by atoms with Gasteiger partial charge in [-0.25, -0.2) is 14.6 Å². The standard InChI is InChI=1S/C16H28N2O4.C12H13N3O/c1-16(2,3)22-15(20)18-11-9-17(10-12-18)14(19)21-13-7-5-4-6-8-13;1-10-6-15(8-13-10)7-11-3-2-4-12(5-11)14-9-16/h13H,4-12H2,1-3H3;2-6,8-9H,7H2,1H3,(H,14,16). The number of aromatic nitrogens is 2. The van der Waals surface area contributed by atoms with Gasteiger partial charge >= 0.3 is 12.2 Å². The van der Waals surface area contributed by atoms with Gasteiger partial charge in [-0.3, -0.25) is 4.79 Å². The lowest BCUT2D eigenvalue weighted by Gasteiger charge is -2.36. The first-order valence-corrected chi connectivity index (χ1v) is 13.3. The number of piperazine rings is 1. The molecule has 0 atom stereocenters. The van der Waals surface area contributed by atoms with Crippen LogP contribution in [0.1, 0.15) is 64.1 Å². The molecule has 0 radical (unpaired) electrons.